The average molecular weight is 308 g/mol. The van der Waals surface area contributed by atoms with Gasteiger partial charge in [0.2, 0.25) is 5.91 Å². The summed E-state index contributed by atoms with van der Waals surface area (Å²) < 4.78 is 1.76. The molecule has 2 aromatic rings. The van der Waals surface area contributed by atoms with Gasteiger partial charge in [-0.05, 0) is 31.2 Å². The second-order valence-corrected chi connectivity index (χ2v) is 6.08. The number of nitrogens with zero attached hydrogens (tertiary/aromatic N) is 3. The van der Waals surface area contributed by atoms with Crippen molar-refractivity contribution in [2.45, 2.75) is 38.6 Å². The SMILES string of the molecule is Cc1cccc([C@H]2C[C@H]2C(=O)Nc2ccn(CCCC#N)n2)c1. The van der Waals surface area contributed by atoms with Crippen molar-refractivity contribution in [3.63, 3.8) is 0 Å². The van der Waals surface area contributed by atoms with Crippen LogP contribution in [0.15, 0.2) is 36.5 Å². The Labute approximate surface area is 135 Å². The zero-order valence-corrected chi connectivity index (χ0v) is 13.2. The van der Waals surface area contributed by atoms with Crippen LogP contribution in [0.2, 0.25) is 0 Å². The number of amides is 1. The Balaban J connectivity index is 1.53. The maximum Gasteiger partial charge on any atom is 0.229 e. The molecule has 1 aliphatic rings. The zero-order valence-electron chi connectivity index (χ0n) is 13.2. The third-order valence-electron chi connectivity index (χ3n) is 4.17. The number of anilines is 1. The Morgan fingerprint density at radius 3 is 3.13 bits per heavy atom. The fourth-order valence-corrected chi connectivity index (χ4v) is 2.85. The fourth-order valence-electron chi connectivity index (χ4n) is 2.85. The van der Waals surface area contributed by atoms with Crippen molar-refractivity contribution in [1.29, 1.82) is 5.26 Å². The van der Waals surface area contributed by atoms with Crippen LogP contribution >= 0.6 is 0 Å². The number of unbranched alkanes of at least 4 members (excludes halogenated alkanes) is 1. The van der Waals surface area contributed by atoms with E-state index in [4.69, 9.17) is 5.26 Å². The summed E-state index contributed by atoms with van der Waals surface area (Å²) in [6, 6.07) is 12.3. The number of aromatic nitrogens is 2. The van der Waals surface area contributed by atoms with Gasteiger partial charge in [-0.15, -0.1) is 0 Å². The van der Waals surface area contributed by atoms with E-state index in [2.05, 4.69) is 41.6 Å². The zero-order chi connectivity index (χ0) is 16.2. The minimum atomic E-state index is 0.0405. The van der Waals surface area contributed by atoms with E-state index >= 15 is 0 Å². The van der Waals surface area contributed by atoms with Crippen LogP contribution in [0.4, 0.5) is 5.82 Å². The van der Waals surface area contributed by atoms with E-state index in [0.29, 0.717) is 24.7 Å². The van der Waals surface area contributed by atoms with Gasteiger partial charge in [0.05, 0.1) is 6.07 Å². The Hall–Kier alpha value is -2.61. The molecule has 0 saturated heterocycles. The molecule has 1 fully saturated rings. The Kier molecular flexibility index (Phi) is 4.42. The van der Waals surface area contributed by atoms with Crippen molar-refractivity contribution < 1.29 is 4.79 Å². The van der Waals surface area contributed by atoms with E-state index in [1.165, 1.54) is 11.1 Å². The predicted octanol–water partition coefficient (Wildman–Crippen LogP) is 3.24. The second kappa shape index (κ2) is 6.66. The first-order chi connectivity index (χ1) is 11.2. The third kappa shape index (κ3) is 3.78. The highest BCUT2D eigenvalue weighted by atomic mass is 16.2. The fraction of sp³-hybridized carbons (Fsp3) is 0.389. The van der Waals surface area contributed by atoms with E-state index in [9.17, 15) is 4.79 Å². The lowest BCUT2D eigenvalue weighted by atomic mass is 10.1. The first kappa shape index (κ1) is 15.3. The Morgan fingerprint density at radius 2 is 2.35 bits per heavy atom. The molecule has 1 aliphatic carbocycles. The monoisotopic (exact) mass is 308 g/mol. The van der Waals surface area contributed by atoms with Gasteiger partial charge in [-0.3, -0.25) is 9.48 Å². The molecule has 2 atom stereocenters. The first-order valence-electron chi connectivity index (χ1n) is 7.95. The van der Waals surface area contributed by atoms with Crippen LogP contribution in [-0.2, 0) is 11.3 Å². The number of nitriles is 1. The highest BCUT2D eigenvalue weighted by Gasteiger charge is 2.44. The summed E-state index contributed by atoms with van der Waals surface area (Å²) in [5, 5.41) is 15.7. The molecule has 1 saturated carbocycles. The van der Waals surface area contributed by atoms with E-state index in [0.717, 1.165) is 12.8 Å². The number of hydrogen-bond donors (Lipinski definition) is 1. The molecule has 23 heavy (non-hydrogen) atoms. The van der Waals surface area contributed by atoms with Gasteiger partial charge in [-0.1, -0.05) is 29.8 Å². The van der Waals surface area contributed by atoms with Gasteiger partial charge in [0.15, 0.2) is 5.82 Å². The molecule has 0 spiro atoms. The maximum absolute atomic E-state index is 12.3. The lowest BCUT2D eigenvalue weighted by Crippen LogP contribution is -2.15. The molecule has 0 unspecified atom stereocenters. The lowest BCUT2D eigenvalue weighted by Gasteiger charge is -2.03. The summed E-state index contributed by atoms with van der Waals surface area (Å²) in [7, 11) is 0. The summed E-state index contributed by atoms with van der Waals surface area (Å²) in [5.41, 5.74) is 2.47. The van der Waals surface area contributed by atoms with Gasteiger partial charge >= 0.3 is 0 Å². The predicted molar refractivity (Wildman–Crippen MR) is 87.7 cm³/mol. The average Bonchev–Trinajstić information content (AvgIpc) is 3.23. The summed E-state index contributed by atoms with van der Waals surface area (Å²) in [6.45, 7) is 2.76. The standard InChI is InChI=1S/C18H20N4O/c1-13-5-4-6-14(11-13)15-12-16(15)18(23)20-17-7-10-22(21-17)9-3-2-8-19/h4-7,10-11,15-16H,2-3,9,12H2,1H3,(H,20,21,23)/t15-,16-/m1/s1. The van der Waals surface area contributed by atoms with Crippen LogP contribution in [0, 0.1) is 24.2 Å². The van der Waals surface area contributed by atoms with Crippen LogP contribution in [0.3, 0.4) is 0 Å². The number of nitrogens with one attached hydrogen (secondary N) is 1. The van der Waals surface area contributed by atoms with E-state index in [-0.39, 0.29) is 11.8 Å². The van der Waals surface area contributed by atoms with Crippen LogP contribution in [0.25, 0.3) is 0 Å². The topological polar surface area (TPSA) is 70.7 Å². The minimum Gasteiger partial charge on any atom is -0.309 e. The van der Waals surface area contributed by atoms with E-state index in [1.807, 2.05) is 12.3 Å². The molecule has 1 aromatic heterocycles. The molecule has 1 N–H and O–H groups in total. The highest BCUT2D eigenvalue weighted by Crippen LogP contribution is 2.48. The number of benzene rings is 1. The molecule has 0 aliphatic heterocycles. The largest absolute Gasteiger partial charge is 0.309 e. The molecule has 118 valence electrons. The van der Waals surface area contributed by atoms with E-state index in [1.54, 1.807) is 10.7 Å². The Morgan fingerprint density at radius 1 is 1.48 bits per heavy atom. The van der Waals surface area contributed by atoms with Crippen LogP contribution in [-0.4, -0.2) is 15.7 Å². The van der Waals surface area contributed by atoms with Crippen molar-refractivity contribution >= 4 is 11.7 Å². The smallest absolute Gasteiger partial charge is 0.229 e. The molecule has 5 heteroatoms. The second-order valence-electron chi connectivity index (χ2n) is 6.08. The third-order valence-corrected chi connectivity index (χ3v) is 4.17. The minimum absolute atomic E-state index is 0.0405. The number of carbonyl (C=O) groups excluding carboxylic acids is 1. The molecule has 1 aromatic carbocycles. The number of carbonyl (C=O) groups is 1. The quantitative estimate of drug-likeness (QED) is 0.833. The maximum atomic E-state index is 12.3. The van der Waals surface area contributed by atoms with E-state index < -0.39 is 0 Å². The molecule has 0 radical (unpaired) electrons. The normalized spacial score (nSPS) is 19.1. The van der Waals surface area contributed by atoms with Gasteiger partial charge in [0.1, 0.15) is 0 Å². The van der Waals surface area contributed by atoms with Gasteiger partial charge in [0.25, 0.3) is 0 Å². The van der Waals surface area contributed by atoms with Crippen LogP contribution < -0.4 is 5.32 Å². The van der Waals surface area contributed by atoms with Crippen molar-refractivity contribution in [3.05, 3.63) is 47.7 Å². The lowest BCUT2D eigenvalue weighted by molar-refractivity contribution is -0.117. The Bertz CT molecular complexity index is 743. The van der Waals surface area contributed by atoms with Gasteiger partial charge in [0, 0.05) is 31.1 Å². The summed E-state index contributed by atoms with van der Waals surface area (Å²) in [5.74, 6) is 0.994. The molecule has 0 bridgehead atoms. The van der Waals surface area contributed by atoms with Gasteiger partial charge < -0.3 is 5.32 Å². The summed E-state index contributed by atoms with van der Waals surface area (Å²) >= 11 is 0. The molecule has 1 heterocycles. The summed E-state index contributed by atoms with van der Waals surface area (Å²) in [4.78, 5) is 12.3. The van der Waals surface area contributed by atoms with Crippen LogP contribution in [0.5, 0.6) is 0 Å². The number of rotatable bonds is 6. The van der Waals surface area contributed by atoms with Crippen molar-refractivity contribution in [2.24, 2.45) is 5.92 Å². The highest BCUT2D eigenvalue weighted by molar-refractivity contribution is 5.94. The van der Waals surface area contributed by atoms with Crippen molar-refractivity contribution in [2.75, 3.05) is 5.32 Å². The number of aryl methyl sites for hydroxylation is 2. The number of hydrogen-bond acceptors (Lipinski definition) is 3. The van der Waals surface area contributed by atoms with Gasteiger partial charge in [-0.2, -0.15) is 10.4 Å². The van der Waals surface area contributed by atoms with Crippen molar-refractivity contribution in [1.82, 2.24) is 9.78 Å². The molecular weight excluding hydrogens is 288 g/mol. The summed E-state index contributed by atoms with van der Waals surface area (Å²) in [6.07, 6.45) is 4.02. The van der Waals surface area contributed by atoms with Gasteiger partial charge in [-0.25, -0.2) is 0 Å². The molecule has 5 nitrogen and oxygen atoms in total. The molecule has 1 amide bonds. The molecular formula is C18H20N4O. The van der Waals surface area contributed by atoms with Crippen LogP contribution in [0.1, 0.15) is 36.3 Å². The van der Waals surface area contributed by atoms with Crippen molar-refractivity contribution in [3.8, 4) is 6.07 Å². The first-order valence-corrected chi connectivity index (χ1v) is 7.95. The molecule has 3 rings (SSSR count).